The lowest BCUT2D eigenvalue weighted by Crippen LogP contribution is -2.68. The zero-order valence-corrected chi connectivity index (χ0v) is 21.9. The largest absolute Gasteiger partial charge is 0.403 e. The first-order chi connectivity index (χ1) is 15.1. The van der Waals surface area contributed by atoms with E-state index in [1.807, 2.05) is 13.8 Å². The molecule has 0 spiro atoms. The van der Waals surface area contributed by atoms with Gasteiger partial charge in [-0.3, -0.25) is 4.79 Å². The van der Waals surface area contributed by atoms with E-state index in [0.29, 0.717) is 19.6 Å². The molecule has 4 nitrogen and oxygen atoms in total. The maximum Gasteiger partial charge on any atom is 0.261 e. The SMILES string of the molecule is COCCN(C)C[C@@H](CC(=O)C(C)C)O[Si](c1ccccc1)(c1ccccc1)C(C)(C)C. The van der Waals surface area contributed by atoms with Gasteiger partial charge in [0, 0.05) is 32.5 Å². The molecule has 0 heterocycles. The van der Waals surface area contributed by atoms with Crippen molar-refractivity contribution in [2.45, 2.75) is 52.2 Å². The van der Waals surface area contributed by atoms with Gasteiger partial charge in [-0.2, -0.15) is 0 Å². The average molecular weight is 456 g/mol. The lowest BCUT2D eigenvalue weighted by Gasteiger charge is -2.45. The second-order valence-corrected chi connectivity index (χ2v) is 14.2. The summed E-state index contributed by atoms with van der Waals surface area (Å²) >= 11 is 0. The summed E-state index contributed by atoms with van der Waals surface area (Å²) in [6.45, 7) is 12.9. The van der Waals surface area contributed by atoms with Crippen LogP contribution in [0.15, 0.2) is 60.7 Å². The predicted octanol–water partition coefficient (Wildman–Crippen LogP) is 4.13. The molecule has 2 aromatic rings. The van der Waals surface area contributed by atoms with E-state index >= 15 is 0 Å². The normalized spacial score (nSPS) is 13.5. The molecule has 0 unspecified atom stereocenters. The molecule has 0 saturated heterocycles. The van der Waals surface area contributed by atoms with Crippen molar-refractivity contribution in [2.75, 3.05) is 33.9 Å². The van der Waals surface area contributed by atoms with E-state index in [1.54, 1.807) is 7.11 Å². The van der Waals surface area contributed by atoms with Crippen LogP contribution in [0.3, 0.4) is 0 Å². The third-order valence-electron chi connectivity index (χ3n) is 6.03. The van der Waals surface area contributed by atoms with E-state index in [1.165, 1.54) is 10.4 Å². The lowest BCUT2D eigenvalue weighted by molar-refractivity contribution is -0.123. The Morgan fingerprint density at radius 1 is 0.969 bits per heavy atom. The Kier molecular flexibility index (Phi) is 9.83. The highest BCUT2D eigenvalue weighted by Gasteiger charge is 2.51. The van der Waals surface area contributed by atoms with Gasteiger partial charge >= 0.3 is 0 Å². The van der Waals surface area contributed by atoms with Crippen LogP contribution in [-0.4, -0.2) is 59.0 Å². The monoisotopic (exact) mass is 455 g/mol. The third-order valence-corrected chi connectivity index (χ3v) is 11.1. The third kappa shape index (κ3) is 6.61. The molecule has 1 atom stereocenters. The molecular weight excluding hydrogens is 414 g/mol. The van der Waals surface area contributed by atoms with Gasteiger partial charge in [0.05, 0.1) is 12.7 Å². The second kappa shape index (κ2) is 11.9. The molecule has 0 aliphatic rings. The van der Waals surface area contributed by atoms with Crippen LogP contribution < -0.4 is 10.4 Å². The van der Waals surface area contributed by atoms with Crippen LogP contribution in [0.2, 0.25) is 5.04 Å². The van der Waals surface area contributed by atoms with E-state index < -0.39 is 8.32 Å². The van der Waals surface area contributed by atoms with Gasteiger partial charge in [-0.25, -0.2) is 0 Å². The minimum absolute atomic E-state index is 0.00969. The molecule has 0 aromatic heterocycles. The first-order valence-corrected chi connectivity index (χ1v) is 13.5. The Labute approximate surface area is 196 Å². The predicted molar refractivity (Wildman–Crippen MR) is 136 cm³/mol. The van der Waals surface area contributed by atoms with Crippen LogP contribution in [0.25, 0.3) is 0 Å². The van der Waals surface area contributed by atoms with E-state index in [9.17, 15) is 4.79 Å². The van der Waals surface area contributed by atoms with Gasteiger partial charge in [-0.05, 0) is 22.5 Å². The zero-order valence-electron chi connectivity index (χ0n) is 20.9. The topological polar surface area (TPSA) is 38.8 Å². The first-order valence-electron chi connectivity index (χ1n) is 11.6. The van der Waals surface area contributed by atoms with Crippen molar-refractivity contribution in [1.82, 2.24) is 4.90 Å². The molecule has 5 heteroatoms. The number of ether oxygens (including phenoxy) is 1. The van der Waals surface area contributed by atoms with Gasteiger partial charge < -0.3 is 14.1 Å². The molecule has 2 aromatic carbocycles. The van der Waals surface area contributed by atoms with Crippen molar-refractivity contribution in [1.29, 1.82) is 0 Å². The van der Waals surface area contributed by atoms with Crippen molar-refractivity contribution in [3.8, 4) is 0 Å². The number of likely N-dealkylation sites (N-methyl/N-ethyl adjacent to an activating group) is 1. The number of carbonyl (C=O) groups excluding carboxylic acids is 1. The maximum absolute atomic E-state index is 12.8. The van der Waals surface area contributed by atoms with E-state index in [2.05, 4.69) is 93.4 Å². The van der Waals surface area contributed by atoms with Crippen molar-refractivity contribution < 1.29 is 14.0 Å². The molecular formula is C27H41NO3Si. The Morgan fingerprint density at radius 3 is 1.88 bits per heavy atom. The number of ketones is 1. The summed E-state index contributed by atoms with van der Waals surface area (Å²) in [5, 5.41) is 2.35. The number of nitrogens with zero attached hydrogens (tertiary/aromatic N) is 1. The fourth-order valence-corrected chi connectivity index (χ4v) is 8.90. The summed E-state index contributed by atoms with van der Waals surface area (Å²) in [4.78, 5) is 15.1. The molecule has 0 radical (unpaired) electrons. The number of methoxy groups -OCH3 is 1. The van der Waals surface area contributed by atoms with Crippen molar-refractivity contribution in [2.24, 2.45) is 5.92 Å². The smallest absolute Gasteiger partial charge is 0.261 e. The molecule has 2 rings (SSSR count). The van der Waals surface area contributed by atoms with Crippen LogP contribution in [-0.2, 0) is 14.0 Å². The average Bonchev–Trinajstić information content (AvgIpc) is 2.76. The molecule has 0 fully saturated rings. The Morgan fingerprint density at radius 2 is 1.47 bits per heavy atom. The number of rotatable bonds is 12. The molecule has 0 aliphatic carbocycles. The van der Waals surface area contributed by atoms with Gasteiger partial charge in [-0.1, -0.05) is 95.3 Å². The summed E-state index contributed by atoms with van der Waals surface area (Å²) < 4.78 is 12.5. The molecule has 0 bridgehead atoms. The fraction of sp³-hybridized carbons (Fsp3) is 0.519. The standard InChI is InChI=1S/C27H41NO3Si/c1-22(2)26(29)20-23(21-28(6)18-19-30-7)31-32(27(3,4)5,24-14-10-8-11-15-24)25-16-12-9-13-17-25/h8-17,22-23H,18-21H2,1-7H3/t23-/m1/s1. The van der Waals surface area contributed by atoms with Gasteiger partial charge in [0.15, 0.2) is 0 Å². The van der Waals surface area contributed by atoms with Gasteiger partial charge in [0.1, 0.15) is 5.78 Å². The first kappa shape index (κ1) is 26.5. The fourth-order valence-electron chi connectivity index (χ4n) is 4.23. The summed E-state index contributed by atoms with van der Waals surface area (Å²) in [5.74, 6) is 0.234. The van der Waals surface area contributed by atoms with E-state index in [4.69, 9.17) is 9.16 Å². The van der Waals surface area contributed by atoms with Crippen LogP contribution in [0.4, 0.5) is 0 Å². The summed E-state index contributed by atoms with van der Waals surface area (Å²) in [5.41, 5.74) is 0. The Balaban J connectivity index is 2.57. The quantitative estimate of drug-likeness (QED) is 0.451. The molecule has 32 heavy (non-hydrogen) atoms. The van der Waals surface area contributed by atoms with Crippen LogP contribution in [0.1, 0.15) is 41.0 Å². The van der Waals surface area contributed by atoms with Crippen LogP contribution >= 0.6 is 0 Å². The Hall–Kier alpha value is -1.79. The lowest BCUT2D eigenvalue weighted by atomic mass is 10.0. The number of benzene rings is 2. The van der Waals surface area contributed by atoms with Gasteiger partial charge in [0.25, 0.3) is 8.32 Å². The number of Topliss-reactive ketones (excluding diaryl/α,β-unsaturated/α-hetero) is 1. The highest BCUT2D eigenvalue weighted by molar-refractivity contribution is 6.99. The number of hydrogen-bond acceptors (Lipinski definition) is 4. The minimum Gasteiger partial charge on any atom is -0.403 e. The van der Waals surface area contributed by atoms with Crippen molar-refractivity contribution in [3.63, 3.8) is 0 Å². The minimum atomic E-state index is -2.72. The van der Waals surface area contributed by atoms with Crippen molar-refractivity contribution in [3.05, 3.63) is 60.7 Å². The second-order valence-electron chi connectivity index (χ2n) is 9.98. The van der Waals surface area contributed by atoms with Gasteiger partial charge in [0.2, 0.25) is 0 Å². The van der Waals surface area contributed by atoms with E-state index in [-0.39, 0.29) is 22.8 Å². The maximum atomic E-state index is 12.8. The molecule has 0 saturated carbocycles. The summed E-state index contributed by atoms with van der Waals surface area (Å²) in [6.07, 6.45) is 0.220. The Bertz CT molecular complexity index is 778. The highest BCUT2D eigenvalue weighted by atomic mass is 28.4. The number of hydrogen-bond donors (Lipinski definition) is 0. The summed E-state index contributed by atoms with van der Waals surface area (Å²) in [7, 11) is 1.06. The van der Waals surface area contributed by atoms with Crippen LogP contribution in [0.5, 0.6) is 0 Å². The number of carbonyl (C=O) groups is 1. The molecule has 0 N–H and O–H groups in total. The van der Waals surface area contributed by atoms with Crippen molar-refractivity contribution >= 4 is 24.5 Å². The highest BCUT2D eigenvalue weighted by Crippen LogP contribution is 2.38. The molecule has 0 aliphatic heterocycles. The van der Waals surface area contributed by atoms with Crippen LogP contribution in [0, 0.1) is 5.92 Å². The molecule has 0 amide bonds. The zero-order chi connectivity index (χ0) is 23.8. The van der Waals surface area contributed by atoms with Gasteiger partial charge in [-0.15, -0.1) is 0 Å². The van der Waals surface area contributed by atoms with E-state index in [0.717, 1.165) is 6.54 Å². The summed E-state index contributed by atoms with van der Waals surface area (Å²) in [6, 6.07) is 21.2. The molecule has 176 valence electrons.